The lowest BCUT2D eigenvalue weighted by Gasteiger charge is -2.20. The lowest BCUT2D eigenvalue weighted by molar-refractivity contribution is -0.121. The molecule has 1 N–H and O–H groups in total. The summed E-state index contributed by atoms with van der Waals surface area (Å²) in [5, 5.41) is 9.50. The van der Waals surface area contributed by atoms with Crippen LogP contribution in [0, 0.1) is 0 Å². The molecule has 5 nitrogen and oxygen atoms in total. The summed E-state index contributed by atoms with van der Waals surface area (Å²) in [4.78, 5) is 26.2. The predicted molar refractivity (Wildman–Crippen MR) is 92.4 cm³/mol. The quantitative estimate of drug-likeness (QED) is 0.539. The molecule has 0 atom stereocenters. The molecule has 1 aliphatic carbocycles. The van der Waals surface area contributed by atoms with Gasteiger partial charge in [0.15, 0.2) is 0 Å². The zero-order chi connectivity index (χ0) is 38.4. The van der Waals surface area contributed by atoms with Crippen LogP contribution >= 0.6 is 0 Å². The summed E-state index contributed by atoms with van der Waals surface area (Å²) in [5.74, 6) is -5.94. The molecule has 0 aliphatic heterocycles. The van der Waals surface area contributed by atoms with Gasteiger partial charge in [0.1, 0.15) is 0 Å². The monoisotopic (exact) mass is 361 g/mol. The number of hydrogen-bond acceptors (Lipinski definition) is 5. The molecule has 0 bridgehead atoms. The molecular formula is C19H30O5. The standard InChI is InChI=1S/C19H30O5/c1-14-15(12-10-8-6-4-5-7-9-11-13-20)17(22)19(24-3)18(23-2)16(14)21/h20H,4-13H2,1-3H3/i3D3,4D2,5D2,6D2,7D2,8D2,9D2,10D2,11D2,12D2,13D2. The number of rotatable bonds is 12. The first kappa shape index (κ1) is 4.97. The minimum Gasteiger partial charge on any atom is -0.489 e. The number of carbonyl (C=O) groups is 2. The number of Topliss-reactive ketones (excluding diaryl/α,β-unsaturated/α-hetero) is 2. The molecule has 0 saturated carbocycles. The second kappa shape index (κ2) is 11.0. The lowest BCUT2D eigenvalue weighted by Crippen LogP contribution is -2.25. The highest BCUT2D eigenvalue weighted by Gasteiger charge is 2.34. The van der Waals surface area contributed by atoms with E-state index >= 15 is 0 Å². The largest absolute Gasteiger partial charge is 0.489 e. The summed E-state index contributed by atoms with van der Waals surface area (Å²) in [7, 11) is -2.72. The van der Waals surface area contributed by atoms with Crippen molar-refractivity contribution in [2.45, 2.75) is 64.3 Å². The van der Waals surface area contributed by atoms with Crippen LogP contribution in [0.25, 0.3) is 0 Å². The topological polar surface area (TPSA) is 72.8 Å². The molecule has 0 spiro atoms. The van der Waals surface area contributed by atoms with Gasteiger partial charge in [0, 0.05) is 42.4 Å². The van der Waals surface area contributed by atoms with E-state index in [1.54, 1.807) is 0 Å². The fraction of sp³-hybridized carbons (Fsp3) is 0.684. The Morgan fingerprint density at radius 1 is 0.917 bits per heavy atom. The SMILES string of the molecule is [2H]C([2H])([2H])OC1=C(OC)C(=O)C(C)=C(C([2H])([2H])C([2H])([2H])C([2H])([2H])C([2H])([2H])C([2H])([2H])C([2H])([2H])C([2H])([2H])C([2H])([2H])C([2H])([2H])C([2H])([2H])O)C1=O. The van der Waals surface area contributed by atoms with Gasteiger partial charge in [-0.05, 0) is 26.0 Å². The average molecular weight is 362 g/mol. The molecule has 0 aromatic carbocycles. The first-order valence-corrected chi connectivity index (χ1v) is 6.15. The highest BCUT2D eigenvalue weighted by molar-refractivity contribution is 6.23. The Kier molecular flexibility index (Phi) is 2.28. The van der Waals surface area contributed by atoms with Crippen molar-refractivity contribution in [3.05, 3.63) is 22.7 Å². The van der Waals surface area contributed by atoms with Crippen molar-refractivity contribution in [1.29, 1.82) is 0 Å². The lowest BCUT2D eigenvalue weighted by atomic mass is 9.89. The van der Waals surface area contributed by atoms with Gasteiger partial charge in [0.2, 0.25) is 23.1 Å². The summed E-state index contributed by atoms with van der Waals surface area (Å²) in [6.07, 6.45) is -42.0. The number of ether oxygens (including phenoxy) is 2. The van der Waals surface area contributed by atoms with Crippen LogP contribution in [0.5, 0.6) is 0 Å². The highest BCUT2D eigenvalue weighted by atomic mass is 16.5. The highest BCUT2D eigenvalue weighted by Crippen LogP contribution is 2.28. The minimum absolute atomic E-state index is 0.696. The van der Waals surface area contributed by atoms with Gasteiger partial charge in [0.05, 0.1) is 21.0 Å². The van der Waals surface area contributed by atoms with Crippen LogP contribution in [-0.4, -0.2) is 37.4 Å². The third kappa shape index (κ3) is 5.48. The van der Waals surface area contributed by atoms with E-state index in [-0.39, 0.29) is 0 Å². The summed E-state index contributed by atoms with van der Waals surface area (Å²) in [5.41, 5.74) is -2.68. The molecule has 1 aliphatic rings. The molecule has 0 unspecified atom stereocenters. The van der Waals surface area contributed by atoms with E-state index in [0.717, 1.165) is 7.11 Å². The summed E-state index contributed by atoms with van der Waals surface area (Å²) in [6, 6.07) is 0. The van der Waals surface area contributed by atoms with E-state index in [0.29, 0.717) is 6.92 Å². The van der Waals surface area contributed by atoms with E-state index in [1.807, 2.05) is 0 Å². The smallest absolute Gasteiger partial charge is 0.228 e. The summed E-state index contributed by atoms with van der Waals surface area (Å²) in [6.45, 7) is -3.58. The second-order valence-electron chi connectivity index (χ2n) is 3.86. The van der Waals surface area contributed by atoms with E-state index in [9.17, 15) is 14.7 Å². The Bertz CT molecular complexity index is 1350. The molecule has 0 aromatic rings. The Morgan fingerprint density at radius 3 is 2.00 bits per heavy atom. The third-order valence-corrected chi connectivity index (χ3v) is 2.55. The molecule has 136 valence electrons. The van der Waals surface area contributed by atoms with Gasteiger partial charge in [-0.25, -0.2) is 0 Å². The fourth-order valence-electron chi connectivity index (χ4n) is 1.51. The molecule has 0 aromatic heterocycles. The van der Waals surface area contributed by atoms with E-state index in [1.165, 1.54) is 0 Å². The zero-order valence-electron chi connectivity index (χ0n) is 35.6. The number of allylic oxidation sites excluding steroid dienone is 2. The van der Waals surface area contributed by atoms with Crippen LogP contribution in [-0.2, 0) is 19.1 Å². The second-order valence-corrected chi connectivity index (χ2v) is 3.86. The summed E-state index contributed by atoms with van der Waals surface area (Å²) >= 11 is 0. The molecule has 0 amide bonds. The maximum absolute atomic E-state index is 13.3. The maximum atomic E-state index is 13.3. The predicted octanol–water partition coefficient (Wildman–Crippen LogP) is 3.46. The van der Waals surface area contributed by atoms with Crippen LogP contribution in [0.4, 0.5) is 0 Å². The molecule has 0 heterocycles. The minimum atomic E-state index is -4.86. The molecule has 0 fully saturated rings. The molecule has 0 radical (unpaired) electrons. The Morgan fingerprint density at radius 2 is 1.46 bits per heavy atom. The van der Waals surface area contributed by atoms with E-state index < -0.39 is 105 Å². The van der Waals surface area contributed by atoms with Crippen molar-refractivity contribution in [3.63, 3.8) is 0 Å². The number of methoxy groups -OCH3 is 2. The van der Waals surface area contributed by atoms with Crippen molar-refractivity contribution < 1.29 is 55.7 Å². The van der Waals surface area contributed by atoms with Crippen molar-refractivity contribution >= 4 is 11.6 Å². The molecule has 5 heteroatoms. The van der Waals surface area contributed by atoms with E-state index in [4.69, 9.17) is 31.5 Å². The number of hydrogen-bond donors (Lipinski definition) is 1. The van der Waals surface area contributed by atoms with Gasteiger partial charge >= 0.3 is 0 Å². The molecule has 1 rings (SSSR count). The van der Waals surface area contributed by atoms with E-state index in [2.05, 4.69) is 9.47 Å². The molecule has 0 saturated heterocycles. The maximum Gasteiger partial charge on any atom is 0.228 e. The van der Waals surface area contributed by atoms with Crippen LogP contribution < -0.4 is 0 Å². The van der Waals surface area contributed by atoms with Gasteiger partial charge in [-0.2, -0.15) is 0 Å². The van der Waals surface area contributed by atoms with Gasteiger partial charge < -0.3 is 14.6 Å². The van der Waals surface area contributed by atoms with Crippen molar-refractivity contribution in [2.75, 3.05) is 20.7 Å². The first-order chi connectivity index (χ1) is 20.1. The van der Waals surface area contributed by atoms with Gasteiger partial charge in [-0.1, -0.05) is 38.2 Å². The Labute approximate surface area is 177 Å². The van der Waals surface area contributed by atoms with Crippen LogP contribution in [0.15, 0.2) is 22.7 Å². The van der Waals surface area contributed by atoms with Crippen LogP contribution in [0.3, 0.4) is 0 Å². The van der Waals surface area contributed by atoms with Crippen molar-refractivity contribution in [2.24, 2.45) is 0 Å². The first-order valence-electron chi connectivity index (χ1n) is 17.7. The number of ketones is 2. The Hall–Kier alpha value is -1.62. The number of aliphatic hydroxyl groups is 1. The number of carbonyl (C=O) groups excluding carboxylic acids is 2. The third-order valence-electron chi connectivity index (χ3n) is 2.55. The van der Waals surface area contributed by atoms with Crippen LogP contribution in [0.1, 0.15) is 95.8 Å². The normalized spacial score (nSPS) is 36.0. The van der Waals surface area contributed by atoms with Gasteiger partial charge in [-0.3, -0.25) is 9.59 Å². The van der Waals surface area contributed by atoms with Crippen LogP contribution in [0.2, 0.25) is 0 Å². The van der Waals surface area contributed by atoms with Gasteiger partial charge in [0.25, 0.3) is 0 Å². The van der Waals surface area contributed by atoms with Gasteiger partial charge in [-0.15, -0.1) is 0 Å². The van der Waals surface area contributed by atoms with Crippen molar-refractivity contribution in [3.8, 4) is 0 Å². The average Bonchev–Trinajstić information content (AvgIpc) is 2.85. The summed E-state index contributed by atoms with van der Waals surface area (Å²) < 4.78 is 191. The zero-order valence-corrected chi connectivity index (χ0v) is 12.6. The Balaban J connectivity index is 4.01. The van der Waals surface area contributed by atoms with Crippen molar-refractivity contribution in [1.82, 2.24) is 0 Å². The molecule has 24 heavy (non-hydrogen) atoms. The fourth-order valence-corrected chi connectivity index (χ4v) is 1.51. The molecular weight excluding hydrogens is 308 g/mol.